The van der Waals surface area contributed by atoms with E-state index in [1.54, 1.807) is 0 Å². The van der Waals surface area contributed by atoms with E-state index in [2.05, 4.69) is 0 Å². The summed E-state index contributed by atoms with van der Waals surface area (Å²) in [6, 6.07) is 4.18. The zero-order chi connectivity index (χ0) is 12.5. The second-order valence-corrected chi connectivity index (χ2v) is 4.66. The number of carboxylic acids is 2. The van der Waals surface area contributed by atoms with E-state index in [1.165, 1.54) is 18.2 Å². The summed E-state index contributed by atoms with van der Waals surface area (Å²) in [5, 5.41) is 17.8. The molecule has 0 bridgehead atoms. The fourth-order valence-corrected chi connectivity index (χ4v) is 1.31. The average Bonchev–Trinajstić information content (AvgIpc) is 2.15. The summed E-state index contributed by atoms with van der Waals surface area (Å²) in [4.78, 5) is 21.7. The van der Waals surface area contributed by atoms with E-state index in [-0.39, 0.29) is 28.9 Å². The highest BCUT2D eigenvalue weighted by molar-refractivity contribution is 5.94. The highest BCUT2D eigenvalue weighted by atomic mass is 35.5. The van der Waals surface area contributed by atoms with Gasteiger partial charge in [0.1, 0.15) is 0 Å². The monoisotopic (exact) mass is 258 g/mol. The Morgan fingerprint density at radius 1 is 0.941 bits per heavy atom. The molecule has 2 N–H and O–H groups in total. The van der Waals surface area contributed by atoms with Gasteiger partial charge in [0.05, 0.1) is 11.1 Å². The van der Waals surface area contributed by atoms with Crippen LogP contribution in [0, 0.1) is 0 Å². The quantitative estimate of drug-likeness (QED) is 0.855. The van der Waals surface area contributed by atoms with Crippen LogP contribution < -0.4 is 0 Å². The number of halogens is 1. The van der Waals surface area contributed by atoms with Gasteiger partial charge in [-0.2, -0.15) is 0 Å². The molecule has 1 aromatic carbocycles. The minimum absolute atomic E-state index is 0. The summed E-state index contributed by atoms with van der Waals surface area (Å²) in [7, 11) is 0. The van der Waals surface area contributed by atoms with Gasteiger partial charge < -0.3 is 10.2 Å². The third kappa shape index (κ3) is 3.75. The van der Waals surface area contributed by atoms with Crippen LogP contribution in [0.5, 0.6) is 0 Å². The molecule has 94 valence electrons. The Balaban J connectivity index is 0.00000256. The molecule has 0 aliphatic heterocycles. The fourth-order valence-electron chi connectivity index (χ4n) is 1.31. The standard InChI is InChI=1S/C12H14O4.ClH/c1-12(2,3)9-5-7(10(13)14)4-8(6-9)11(15)16;/h4-6H,1-3H3,(H,13,14)(H,15,16);1H. The maximum atomic E-state index is 10.9. The topological polar surface area (TPSA) is 74.6 Å². The Bertz CT molecular complexity index is 414. The van der Waals surface area contributed by atoms with E-state index in [0.717, 1.165) is 0 Å². The van der Waals surface area contributed by atoms with E-state index < -0.39 is 11.9 Å². The first-order chi connectivity index (χ1) is 7.21. The first-order valence-electron chi connectivity index (χ1n) is 4.84. The predicted octanol–water partition coefficient (Wildman–Crippen LogP) is 2.80. The van der Waals surface area contributed by atoms with Crippen LogP contribution in [-0.2, 0) is 5.41 Å². The highest BCUT2D eigenvalue weighted by Gasteiger charge is 2.19. The van der Waals surface area contributed by atoms with Crippen molar-refractivity contribution < 1.29 is 19.8 Å². The molecule has 0 aliphatic carbocycles. The molecular formula is C12H15ClO4. The summed E-state index contributed by atoms with van der Waals surface area (Å²) in [5.41, 5.74) is 0.426. The molecule has 0 saturated carbocycles. The zero-order valence-electron chi connectivity index (χ0n) is 9.85. The maximum absolute atomic E-state index is 10.9. The number of hydrogen-bond acceptors (Lipinski definition) is 2. The molecule has 1 aromatic rings. The largest absolute Gasteiger partial charge is 0.478 e. The first kappa shape index (κ1) is 15.5. The van der Waals surface area contributed by atoms with Crippen molar-refractivity contribution >= 4 is 24.3 Å². The molecule has 0 atom stereocenters. The SMILES string of the molecule is CC(C)(C)c1cc(C(=O)O)cc(C(=O)O)c1.Cl. The molecule has 0 aromatic heterocycles. The van der Waals surface area contributed by atoms with E-state index in [1.807, 2.05) is 20.8 Å². The Kier molecular flexibility index (Phi) is 4.71. The third-order valence-electron chi connectivity index (χ3n) is 2.29. The van der Waals surface area contributed by atoms with Gasteiger partial charge in [-0.25, -0.2) is 9.59 Å². The molecule has 5 heteroatoms. The molecular weight excluding hydrogens is 244 g/mol. The van der Waals surface area contributed by atoms with Gasteiger partial charge in [-0.15, -0.1) is 12.4 Å². The molecule has 17 heavy (non-hydrogen) atoms. The van der Waals surface area contributed by atoms with E-state index in [9.17, 15) is 9.59 Å². The molecule has 0 fully saturated rings. The number of carbonyl (C=O) groups is 2. The predicted molar refractivity (Wildman–Crippen MR) is 66.3 cm³/mol. The lowest BCUT2D eigenvalue weighted by molar-refractivity contribution is 0.0696. The van der Waals surface area contributed by atoms with Crippen molar-refractivity contribution in [2.24, 2.45) is 0 Å². The van der Waals surface area contributed by atoms with Crippen molar-refractivity contribution in [2.45, 2.75) is 26.2 Å². The van der Waals surface area contributed by atoms with Gasteiger partial charge in [-0.05, 0) is 29.2 Å². The van der Waals surface area contributed by atoms with E-state index in [4.69, 9.17) is 10.2 Å². The number of benzene rings is 1. The van der Waals surface area contributed by atoms with Crippen molar-refractivity contribution in [1.29, 1.82) is 0 Å². The van der Waals surface area contributed by atoms with Gasteiger partial charge in [-0.3, -0.25) is 0 Å². The maximum Gasteiger partial charge on any atom is 0.335 e. The fraction of sp³-hybridized carbons (Fsp3) is 0.333. The highest BCUT2D eigenvalue weighted by Crippen LogP contribution is 2.24. The summed E-state index contributed by atoms with van der Waals surface area (Å²) in [5.74, 6) is -2.23. The van der Waals surface area contributed by atoms with Crippen LogP contribution in [0.4, 0.5) is 0 Å². The summed E-state index contributed by atoms with van der Waals surface area (Å²) in [6.07, 6.45) is 0. The molecule has 1 rings (SSSR count). The number of aromatic carboxylic acids is 2. The van der Waals surface area contributed by atoms with Crippen molar-refractivity contribution in [3.05, 3.63) is 34.9 Å². The van der Waals surface area contributed by atoms with Gasteiger partial charge in [0, 0.05) is 0 Å². The van der Waals surface area contributed by atoms with Gasteiger partial charge in [0.2, 0.25) is 0 Å². The smallest absolute Gasteiger partial charge is 0.335 e. The minimum atomic E-state index is -1.12. The molecule has 4 nitrogen and oxygen atoms in total. The number of carboxylic acid groups (broad SMARTS) is 2. The van der Waals surface area contributed by atoms with Crippen LogP contribution in [0.2, 0.25) is 0 Å². The van der Waals surface area contributed by atoms with Crippen molar-refractivity contribution in [3.63, 3.8) is 0 Å². The average molecular weight is 259 g/mol. The summed E-state index contributed by atoms with van der Waals surface area (Å²) >= 11 is 0. The Hall–Kier alpha value is -1.55. The Morgan fingerprint density at radius 3 is 1.53 bits per heavy atom. The van der Waals surface area contributed by atoms with E-state index in [0.29, 0.717) is 5.56 Å². The molecule has 0 aliphatic rings. The minimum Gasteiger partial charge on any atom is -0.478 e. The second kappa shape index (κ2) is 5.19. The molecule has 0 amide bonds. The van der Waals surface area contributed by atoms with E-state index >= 15 is 0 Å². The lowest BCUT2D eigenvalue weighted by Crippen LogP contribution is -2.14. The van der Waals surface area contributed by atoms with Crippen molar-refractivity contribution in [3.8, 4) is 0 Å². The van der Waals surface area contributed by atoms with Gasteiger partial charge >= 0.3 is 11.9 Å². The lowest BCUT2D eigenvalue weighted by Gasteiger charge is -2.20. The van der Waals surface area contributed by atoms with Gasteiger partial charge in [0.25, 0.3) is 0 Å². The van der Waals surface area contributed by atoms with Crippen LogP contribution in [0.3, 0.4) is 0 Å². The lowest BCUT2D eigenvalue weighted by atomic mass is 9.85. The molecule has 0 saturated heterocycles. The summed E-state index contributed by atoms with van der Waals surface area (Å²) < 4.78 is 0. The molecule has 0 unspecified atom stereocenters. The van der Waals surface area contributed by atoms with Gasteiger partial charge in [-0.1, -0.05) is 20.8 Å². The first-order valence-corrected chi connectivity index (χ1v) is 4.84. The van der Waals surface area contributed by atoms with Crippen LogP contribution in [-0.4, -0.2) is 22.2 Å². The van der Waals surface area contributed by atoms with Crippen LogP contribution in [0.1, 0.15) is 47.1 Å². The van der Waals surface area contributed by atoms with Crippen molar-refractivity contribution in [2.75, 3.05) is 0 Å². The number of hydrogen-bond donors (Lipinski definition) is 2. The Morgan fingerprint density at radius 2 is 1.29 bits per heavy atom. The van der Waals surface area contributed by atoms with Crippen LogP contribution in [0.15, 0.2) is 18.2 Å². The molecule has 0 radical (unpaired) electrons. The summed E-state index contributed by atoms with van der Waals surface area (Å²) in [6.45, 7) is 5.71. The van der Waals surface area contributed by atoms with Crippen LogP contribution >= 0.6 is 12.4 Å². The van der Waals surface area contributed by atoms with Crippen LogP contribution in [0.25, 0.3) is 0 Å². The third-order valence-corrected chi connectivity index (χ3v) is 2.29. The number of rotatable bonds is 2. The van der Waals surface area contributed by atoms with Crippen molar-refractivity contribution in [1.82, 2.24) is 0 Å². The molecule has 0 spiro atoms. The van der Waals surface area contributed by atoms with Gasteiger partial charge in [0.15, 0.2) is 0 Å². The zero-order valence-corrected chi connectivity index (χ0v) is 10.7. The second-order valence-electron chi connectivity index (χ2n) is 4.66. The normalized spacial score (nSPS) is 10.5. The molecule has 0 heterocycles. The Labute approximate surface area is 106 Å².